The van der Waals surface area contributed by atoms with Gasteiger partial charge in [-0.3, -0.25) is 4.79 Å². The van der Waals surface area contributed by atoms with E-state index in [2.05, 4.69) is 5.32 Å². The number of amides is 1. The number of carboxylic acids is 1. The van der Waals surface area contributed by atoms with Gasteiger partial charge in [-0.15, -0.1) is 0 Å². The van der Waals surface area contributed by atoms with Crippen LogP contribution in [-0.2, 0) is 14.3 Å². The van der Waals surface area contributed by atoms with Crippen LogP contribution in [-0.4, -0.2) is 54.0 Å². The van der Waals surface area contributed by atoms with E-state index in [1.54, 1.807) is 0 Å². The Balaban J connectivity index is 2.22. The third-order valence-electron chi connectivity index (χ3n) is 2.46. The van der Waals surface area contributed by atoms with Gasteiger partial charge in [-0.25, -0.2) is 4.79 Å². The highest BCUT2D eigenvalue weighted by atomic mass is 16.5. The van der Waals surface area contributed by atoms with Crippen molar-refractivity contribution in [1.29, 1.82) is 0 Å². The zero-order valence-corrected chi connectivity index (χ0v) is 8.76. The lowest BCUT2D eigenvalue weighted by molar-refractivity contribution is -0.147. The smallest absolute Gasteiger partial charge is 0.332 e. The number of hydrogen-bond acceptors (Lipinski definition) is 5. The lowest BCUT2D eigenvalue weighted by atomic mass is 10.0. The first-order valence-electron chi connectivity index (χ1n) is 5.04. The quantitative estimate of drug-likeness (QED) is 0.431. The third kappa shape index (κ3) is 3.44. The van der Waals surface area contributed by atoms with E-state index in [-0.39, 0.29) is 37.4 Å². The Morgan fingerprint density at radius 2 is 2.19 bits per heavy atom. The molecule has 0 aromatic carbocycles. The van der Waals surface area contributed by atoms with E-state index in [1.165, 1.54) is 0 Å². The zero-order valence-electron chi connectivity index (χ0n) is 8.76. The molecule has 1 heterocycles. The van der Waals surface area contributed by atoms with Gasteiger partial charge < -0.3 is 26.0 Å². The van der Waals surface area contributed by atoms with Crippen molar-refractivity contribution in [2.45, 2.75) is 18.6 Å². The van der Waals surface area contributed by atoms with E-state index in [0.717, 1.165) is 0 Å². The standard InChI is InChI=1S/C9H16N2O5/c10-6-4-16-3-5(6)8(13)11-2-1-7(12)9(14)15/h5-7,12H,1-4,10H2,(H,11,13)(H,14,15)/t5?,6?,7-/m0/s1. The molecule has 2 unspecified atom stereocenters. The highest BCUT2D eigenvalue weighted by molar-refractivity contribution is 5.80. The highest BCUT2D eigenvalue weighted by Gasteiger charge is 2.31. The van der Waals surface area contributed by atoms with Crippen LogP contribution >= 0.6 is 0 Å². The van der Waals surface area contributed by atoms with Crippen molar-refractivity contribution >= 4 is 11.9 Å². The van der Waals surface area contributed by atoms with Crippen LogP contribution in [0, 0.1) is 5.92 Å². The Kier molecular flexibility index (Phi) is 4.66. The summed E-state index contributed by atoms with van der Waals surface area (Å²) in [6.45, 7) is 0.750. The largest absolute Gasteiger partial charge is 0.479 e. The molecule has 7 nitrogen and oxygen atoms in total. The van der Waals surface area contributed by atoms with Crippen molar-refractivity contribution in [2.75, 3.05) is 19.8 Å². The minimum atomic E-state index is -1.45. The molecule has 92 valence electrons. The van der Waals surface area contributed by atoms with Crippen molar-refractivity contribution in [1.82, 2.24) is 5.32 Å². The minimum Gasteiger partial charge on any atom is -0.479 e. The summed E-state index contributed by atoms with van der Waals surface area (Å²) in [5.41, 5.74) is 5.63. The number of carbonyl (C=O) groups excluding carboxylic acids is 1. The topological polar surface area (TPSA) is 122 Å². The summed E-state index contributed by atoms with van der Waals surface area (Å²) in [7, 11) is 0. The van der Waals surface area contributed by atoms with Crippen molar-refractivity contribution in [2.24, 2.45) is 11.7 Å². The molecule has 1 rings (SSSR count). The molecule has 3 atom stereocenters. The number of nitrogens with two attached hydrogens (primary N) is 1. The van der Waals surface area contributed by atoms with Gasteiger partial charge in [0.2, 0.25) is 5.91 Å². The van der Waals surface area contributed by atoms with Crippen molar-refractivity contribution in [3.63, 3.8) is 0 Å². The molecule has 0 saturated carbocycles. The Labute approximate surface area is 92.6 Å². The number of carboxylic acid groups (broad SMARTS) is 1. The summed E-state index contributed by atoms with van der Waals surface area (Å²) in [4.78, 5) is 21.8. The van der Waals surface area contributed by atoms with Crippen LogP contribution in [0.3, 0.4) is 0 Å². The van der Waals surface area contributed by atoms with Gasteiger partial charge in [0.15, 0.2) is 6.10 Å². The summed E-state index contributed by atoms with van der Waals surface area (Å²) in [6, 6.07) is -0.315. The van der Waals surface area contributed by atoms with Crippen molar-refractivity contribution in [3.05, 3.63) is 0 Å². The molecule has 0 aromatic rings. The van der Waals surface area contributed by atoms with Crippen molar-refractivity contribution < 1.29 is 24.5 Å². The maximum absolute atomic E-state index is 11.5. The molecule has 16 heavy (non-hydrogen) atoms. The van der Waals surface area contributed by atoms with Crippen LogP contribution in [0.5, 0.6) is 0 Å². The SMILES string of the molecule is NC1COCC1C(=O)NCC[C@H](O)C(=O)O. The molecule has 7 heteroatoms. The van der Waals surface area contributed by atoms with Gasteiger partial charge in [0, 0.05) is 19.0 Å². The second kappa shape index (κ2) is 5.78. The highest BCUT2D eigenvalue weighted by Crippen LogP contribution is 2.11. The van der Waals surface area contributed by atoms with Gasteiger partial charge in [0.05, 0.1) is 19.1 Å². The normalized spacial score (nSPS) is 26.4. The van der Waals surface area contributed by atoms with Gasteiger partial charge in [-0.05, 0) is 0 Å². The fourth-order valence-electron chi connectivity index (χ4n) is 1.43. The molecule has 0 bridgehead atoms. The molecule has 0 radical (unpaired) electrons. The molecule has 5 N–H and O–H groups in total. The fourth-order valence-corrected chi connectivity index (χ4v) is 1.43. The Morgan fingerprint density at radius 1 is 1.50 bits per heavy atom. The molecule has 1 amide bonds. The first-order chi connectivity index (χ1) is 7.52. The molecule has 1 saturated heterocycles. The summed E-state index contributed by atoms with van der Waals surface area (Å²) in [6.07, 6.45) is -1.47. The van der Waals surface area contributed by atoms with Crippen LogP contribution in [0.15, 0.2) is 0 Å². The predicted octanol–water partition coefficient (Wildman–Crippen LogP) is -2.09. The molecule has 1 aliphatic heterocycles. The van der Waals surface area contributed by atoms with Gasteiger partial charge in [0.25, 0.3) is 0 Å². The van der Waals surface area contributed by atoms with Gasteiger partial charge in [-0.1, -0.05) is 0 Å². The Bertz CT molecular complexity index is 271. The lowest BCUT2D eigenvalue weighted by Crippen LogP contribution is -2.42. The first kappa shape index (κ1) is 12.9. The molecule has 1 fully saturated rings. The van der Waals surface area contributed by atoms with Crippen LogP contribution in [0.1, 0.15) is 6.42 Å². The summed E-state index contributed by atoms with van der Waals surface area (Å²) in [5, 5.41) is 19.9. The fraction of sp³-hybridized carbons (Fsp3) is 0.778. The molecule has 1 aliphatic rings. The van der Waals surface area contributed by atoms with Crippen LogP contribution in [0.25, 0.3) is 0 Å². The first-order valence-corrected chi connectivity index (χ1v) is 5.04. The molecular weight excluding hydrogens is 216 g/mol. The molecule has 0 spiro atoms. The number of aliphatic hydroxyl groups excluding tert-OH is 1. The van der Waals surface area contributed by atoms with E-state index in [9.17, 15) is 9.59 Å². The van der Waals surface area contributed by atoms with Crippen LogP contribution in [0.4, 0.5) is 0 Å². The zero-order chi connectivity index (χ0) is 12.1. The van der Waals surface area contributed by atoms with Gasteiger partial charge in [0.1, 0.15) is 0 Å². The average Bonchev–Trinajstić information content (AvgIpc) is 2.64. The van der Waals surface area contributed by atoms with E-state index in [1.807, 2.05) is 0 Å². The number of carbonyl (C=O) groups is 2. The second-order valence-electron chi connectivity index (χ2n) is 3.74. The van der Waals surface area contributed by atoms with Crippen molar-refractivity contribution in [3.8, 4) is 0 Å². The molecule has 0 aliphatic carbocycles. The van der Waals surface area contributed by atoms with Gasteiger partial charge in [-0.2, -0.15) is 0 Å². The summed E-state index contributed by atoms with van der Waals surface area (Å²) >= 11 is 0. The Morgan fingerprint density at radius 3 is 2.69 bits per heavy atom. The number of ether oxygens (including phenoxy) is 1. The summed E-state index contributed by atoms with van der Waals surface area (Å²) in [5.74, 6) is -1.94. The Hall–Kier alpha value is -1.18. The number of hydrogen-bond donors (Lipinski definition) is 4. The van der Waals surface area contributed by atoms with Gasteiger partial charge >= 0.3 is 5.97 Å². The lowest BCUT2D eigenvalue weighted by Gasteiger charge is -2.13. The number of rotatable bonds is 5. The minimum absolute atomic E-state index is 0.0239. The van der Waals surface area contributed by atoms with Crippen LogP contribution < -0.4 is 11.1 Å². The van der Waals surface area contributed by atoms with Crippen LogP contribution in [0.2, 0.25) is 0 Å². The number of aliphatic hydroxyl groups is 1. The molecule has 0 aromatic heterocycles. The average molecular weight is 232 g/mol. The van der Waals surface area contributed by atoms with E-state index < -0.39 is 12.1 Å². The molecular formula is C9H16N2O5. The maximum atomic E-state index is 11.5. The predicted molar refractivity (Wildman–Crippen MR) is 53.6 cm³/mol. The maximum Gasteiger partial charge on any atom is 0.332 e. The van der Waals surface area contributed by atoms with E-state index in [4.69, 9.17) is 20.7 Å². The van der Waals surface area contributed by atoms with E-state index in [0.29, 0.717) is 6.61 Å². The third-order valence-corrected chi connectivity index (χ3v) is 2.46. The monoisotopic (exact) mass is 232 g/mol. The second-order valence-corrected chi connectivity index (χ2v) is 3.74. The summed E-state index contributed by atoms with van der Waals surface area (Å²) < 4.78 is 5.03. The number of aliphatic carboxylic acids is 1. The van der Waals surface area contributed by atoms with E-state index >= 15 is 0 Å². The number of nitrogens with one attached hydrogen (secondary N) is 1.